The number of nitrogens with zero attached hydrogens (tertiary/aromatic N) is 6. The minimum atomic E-state index is -4.63. The van der Waals surface area contributed by atoms with Gasteiger partial charge in [-0.05, 0) is 19.8 Å². The van der Waals surface area contributed by atoms with Crippen molar-refractivity contribution in [1.82, 2.24) is 29.4 Å². The van der Waals surface area contributed by atoms with E-state index in [2.05, 4.69) is 15.2 Å². The Hall–Kier alpha value is -2.39. The number of rotatable bonds is 3. The van der Waals surface area contributed by atoms with Crippen molar-refractivity contribution in [1.29, 1.82) is 0 Å². The van der Waals surface area contributed by atoms with Crippen molar-refractivity contribution in [2.45, 2.75) is 38.5 Å². The molecular weight excluding hydrogens is 325 g/mol. The van der Waals surface area contributed by atoms with Gasteiger partial charge in [0.05, 0.1) is 17.8 Å². The van der Waals surface area contributed by atoms with E-state index < -0.39 is 23.3 Å². The summed E-state index contributed by atoms with van der Waals surface area (Å²) in [5.41, 5.74) is -1.39. The highest BCUT2D eigenvalue weighted by Gasteiger charge is 2.41. The highest BCUT2D eigenvalue weighted by atomic mass is 19.4. The Morgan fingerprint density at radius 1 is 1.38 bits per heavy atom. The lowest BCUT2D eigenvalue weighted by atomic mass is 10.0. The van der Waals surface area contributed by atoms with Gasteiger partial charge in [0.15, 0.2) is 5.69 Å². The normalized spacial score (nSPS) is 18.8. The predicted octanol–water partition coefficient (Wildman–Crippen LogP) is 1.99. The zero-order chi connectivity index (χ0) is 17.3. The van der Waals surface area contributed by atoms with Gasteiger partial charge in [-0.3, -0.25) is 9.48 Å². The van der Waals surface area contributed by atoms with Gasteiger partial charge in [0.2, 0.25) is 0 Å². The maximum Gasteiger partial charge on any atom is 0.433 e. The number of likely N-dealkylation sites (tertiary alicyclic amines) is 1. The maximum absolute atomic E-state index is 13.3. The second-order valence-electron chi connectivity index (χ2n) is 5.64. The van der Waals surface area contributed by atoms with E-state index >= 15 is 0 Å². The summed E-state index contributed by atoms with van der Waals surface area (Å²) in [5.74, 6) is -0.646. The number of alkyl halides is 3. The van der Waals surface area contributed by atoms with Gasteiger partial charge in [-0.1, -0.05) is 0 Å². The van der Waals surface area contributed by atoms with Gasteiger partial charge in [-0.2, -0.15) is 23.4 Å². The second kappa shape index (κ2) is 6.25. The van der Waals surface area contributed by atoms with Crippen molar-refractivity contribution < 1.29 is 18.0 Å². The fourth-order valence-electron chi connectivity index (χ4n) is 3.01. The highest BCUT2D eigenvalue weighted by molar-refractivity contribution is 5.95. The molecule has 0 bridgehead atoms. The molecule has 1 saturated heterocycles. The Kier molecular flexibility index (Phi) is 4.29. The van der Waals surface area contributed by atoms with Crippen LogP contribution in [0.15, 0.2) is 18.9 Å². The van der Waals surface area contributed by atoms with Gasteiger partial charge in [0.25, 0.3) is 5.91 Å². The number of piperidine rings is 1. The predicted molar refractivity (Wildman–Crippen MR) is 77.1 cm³/mol. The molecule has 1 aliphatic rings. The Bertz CT molecular complexity index is 709. The number of aryl methyl sites for hydroxylation is 1. The summed E-state index contributed by atoms with van der Waals surface area (Å²) in [6.07, 6.45) is 0.821. The number of halogens is 3. The summed E-state index contributed by atoms with van der Waals surface area (Å²) in [7, 11) is 0. The van der Waals surface area contributed by atoms with Crippen molar-refractivity contribution in [2.24, 2.45) is 0 Å². The van der Waals surface area contributed by atoms with E-state index in [0.29, 0.717) is 19.5 Å². The smallest absolute Gasteiger partial charge is 0.336 e. The zero-order valence-corrected chi connectivity index (χ0v) is 13.1. The Labute approximate surface area is 136 Å². The van der Waals surface area contributed by atoms with Crippen LogP contribution in [0.25, 0.3) is 0 Å². The zero-order valence-electron chi connectivity index (χ0n) is 13.1. The molecule has 1 amide bonds. The van der Waals surface area contributed by atoms with Gasteiger partial charge in [-0.25, -0.2) is 9.67 Å². The Morgan fingerprint density at radius 3 is 2.79 bits per heavy atom. The molecule has 0 spiro atoms. The number of hydrogen-bond donors (Lipinski definition) is 0. The van der Waals surface area contributed by atoms with Crippen LogP contribution in [0.4, 0.5) is 13.2 Å². The highest BCUT2D eigenvalue weighted by Crippen LogP contribution is 2.33. The molecule has 3 heterocycles. The fourth-order valence-corrected chi connectivity index (χ4v) is 3.01. The first kappa shape index (κ1) is 16.5. The molecule has 0 N–H and O–H groups in total. The molecule has 1 fully saturated rings. The Morgan fingerprint density at radius 2 is 2.17 bits per heavy atom. The first-order chi connectivity index (χ1) is 11.4. The summed E-state index contributed by atoms with van der Waals surface area (Å²) in [6.45, 7) is 2.32. The third-order valence-corrected chi connectivity index (χ3v) is 4.13. The van der Waals surface area contributed by atoms with Crippen LogP contribution < -0.4 is 0 Å². The largest absolute Gasteiger partial charge is 0.433 e. The number of carbonyl (C=O) groups is 1. The van der Waals surface area contributed by atoms with Gasteiger partial charge in [-0.15, -0.1) is 0 Å². The Balaban J connectivity index is 1.85. The molecule has 2 aromatic rings. The molecule has 0 unspecified atom stereocenters. The molecule has 0 saturated carbocycles. The van der Waals surface area contributed by atoms with Gasteiger partial charge >= 0.3 is 6.18 Å². The van der Waals surface area contributed by atoms with Crippen LogP contribution in [-0.4, -0.2) is 48.4 Å². The maximum atomic E-state index is 13.3. The number of carbonyl (C=O) groups excluding carboxylic acids is 1. The van der Waals surface area contributed by atoms with Crippen LogP contribution in [-0.2, 0) is 12.7 Å². The van der Waals surface area contributed by atoms with Gasteiger partial charge < -0.3 is 4.90 Å². The third kappa shape index (κ3) is 3.00. The van der Waals surface area contributed by atoms with Crippen LogP contribution in [0, 0.1) is 0 Å². The average molecular weight is 342 g/mol. The summed E-state index contributed by atoms with van der Waals surface area (Å²) >= 11 is 0. The monoisotopic (exact) mass is 342 g/mol. The van der Waals surface area contributed by atoms with E-state index in [1.807, 2.05) is 0 Å². The molecule has 1 aliphatic heterocycles. The standard InChI is InChI=1S/C14H17F3N6O/c1-2-22-12(14(15,16)17)11(6-19-22)13(24)21-5-3-4-10(7-21)23-9-18-8-20-23/h6,8-10H,2-5,7H2,1H3/t10-/m1/s1. The fraction of sp³-hybridized carbons (Fsp3) is 0.571. The van der Waals surface area contributed by atoms with Crippen molar-refractivity contribution in [3.8, 4) is 0 Å². The molecule has 0 aromatic carbocycles. The lowest BCUT2D eigenvalue weighted by molar-refractivity contribution is -0.144. The van der Waals surface area contributed by atoms with Crippen LogP contribution in [0.2, 0.25) is 0 Å². The minimum absolute atomic E-state index is 0.0453. The summed E-state index contributed by atoms with van der Waals surface area (Å²) in [5, 5.41) is 7.76. The molecule has 10 heteroatoms. The molecule has 0 aliphatic carbocycles. The van der Waals surface area contributed by atoms with E-state index in [1.54, 1.807) is 17.9 Å². The van der Waals surface area contributed by atoms with Crippen LogP contribution >= 0.6 is 0 Å². The third-order valence-electron chi connectivity index (χ3n) is 4.13. The lowest BCUT2D eigenvalue weighted by Crippen LogP contribution is -2.41. The molecule has 7 nitrogen and oxygen atoms in total. The molecule has 0 radical (unpaired) electrons. The molecular formula is C14H17F3N6O. The number of hydrogen-bond acceptors (Lipinski definition) is 4. The van der Waals surface area contributed by atoms with E-state index in [4.69, 9.17) is 0 Å². The molecule has 24 heavy (non-hydrogen) atoms. The molecule has 130 valence electrons. The SMILES string of the molecule is CCn1ncc(C(=O)N2CCC[C@@H](n3cncn3)C2)c1C(F)(F)F. The van der Waals surface area contributed by atoms with Crippen molar-refractivity contribution in [3.05, 3.63) is 30.1 Å². The lowest BCUT2D eigenvalue weighted by Gasteiger charge is -2.32. The summed E-state index contributed by atoms with van der Waals surface area (Å²) in [6, 6.07) is -0.0826. The van der Waals surface area contributed by atoms with Crippen molar-refractivity contribution in [3.63, 3.8) is 0 Å². The number of amides is 1. The van der Waals surface area contributed by atoms with Crippen molar-refractivity contribution in [2.75, 3.05) is 13.1 Å². The minimum Gasteiger partial charge on any atom is -0.336 e. The van der Waals surface area contributed by atoms with Gasteiger partial charge in [0.1, 0.15) is 12.7 Å². The van der Waals surface area contributed by atoms with E-state index in [9.17, 15) is 18.0 Å². The quantitative estimate of drug-likeness (QED) is 0.855. The average Bonchev–Trinajstić information content (AvgIpc) is 3.23. The van der Waals surface area contributed by atoms with Crippen LogP contribution in [0.5, 0.6) is 0 Å². The van der Waals surface area contributed by atoms with E-state index in [0.717, 1.165) is 17.3 Å². The number of aromatic nitrogens is 5. The van der Waals surface area contributed by atoms with Crippen LogP contribution in [0.3, 0.4) is 0 Å². The second-order valence-corrected chi connectivity index (χ2v) is 5.64. The molecule has 1 atom stereocenters. The van der Waals surface area contributed by atoms with E-state index in [-0.39, 0.29) is 12.6 Å². The summed E-state index contributed by atoms with van der Waals surface area (Å²) in [4.78, 5) is 17.9. The topological polar surface area (TPSA) is 68.8 Å². The summed E-state index contributed by atoms with van der Waals surface area (Å²) < 4.78 is 42.4. The van der Waals surface area contributed by atoms with E-state index in [1.165, 1.54) is 11.2 Å². The molecule has 2 aromatic heterocycles. The first-order valence-corrected chi connectivity index (χ1v) is 7.68. The molecule has 3 rings (SSSR count). The van der Waals surface area contributed by atoms with Crippen molar-refractivity contribution >= 4 is 5.91 Å². The van der Waals surface area contributed by atoms with Gasteiger partial charge in [0, 0.05) is 19.6 Å². The first-order valence-electron chi connectivity index (χ1n) is 7.68. The van der Waals surface area contributed by atoms with Crippen LogP contribution in [0.1, 0.15) is 41.9 Å².